The molecule has 1 fully saturated rings. The molecule has 1 aromatic heterocycles. The van der Waals surface area contributed by atoms with Crippen molar-refractivity contribution in [1.29, 1.82) is 0 Å². The third kappa shape index (κ3) is 3.07. The summed E-state index contributed by atoms with van der Waals surface area (Å²) < 4.78 is 0. The standard InChI is InChI=1S/C13H19NO2S/c1-10(12-6-7-17-9-12)14(16)13(15)8-11-4-2-3-5-11/h6-7,9-11,16H,2-5,8H2,1H3. The van der Waals surface area contributed by atoms with E-state index in [4.69, 9.17) is 0 Å². The summed E-state index contributed by atoms with van der Waals surface area (Å²) in [5, 5.41) is 14.7. The van der Waals surface area contributed by atoms with E-state index in [9.17, 15) is 10.0 Å². The topological polar surface area (TPSA) is 40.5 Å². The lowest BCUT2D eigenvalue weighted by atomic mass is 10.0. The fraction of sp³-hybridized carbons (Fsp3) is 0.615. The molecular weight excluding hydrogens is 234 g/mol. The molecule has 2 rings (SSSR count). The van der Waals surface area contributed by atoms with E-state index in [1.807, 2.05) is 23.8 Å². The zero-order valence-corrected chi connectivity index (χ0v) is 10.9. The minimum absolute atomic E-state index is 0.143. The van der Waals surface area contributed by atoms with Crippen LogP contribution in [0, 0.1) is 5.92 Å². The lowest BCUT2D eigenvalue weighted by Gasteiger charge is -2.23. The first-order valence-electron chi connectivity index (χ1n) is 6.21. The Kier molecular flexibility index (Phi) is 4.18. The van der Waals surface area contributed by atoms with Crippen LogP contribution in [0.25, 0.3) is 0 Å². The zero-order valence-electron chi connectivity index (χ0n) is 10.1. The largest absolute Gasteiger partial charge is 0.285 e. The monoisotopic (exact) mass is 253 g/mol. The van der Waals surface area contributed by atoms with Crippen LogP contribution in [0.5, 0.6) is 0 Å². The molecule has 1 N–H and O–H groups in total. The van der Waals surface area contributed by atoms with Gasteiger partial charge in [0.05, 0.1) is 6.04 Å². The van der Waals surface area contributed by atoms with Crippen molar-refractivity contribution in [2.75, 3.05) is 0 Å². The first-order chi connectivity index (χ1) is 8.18. The molecule has 0 radical (unpaired) electrons. The van der Waals surface area contributed by atoms with E-state index in [1.165, 1.54) is 12.8 Å². The minimum Gasteiger partial charge on any atom is -0.285 e. The van der Waals surface area contributed by atoms with Gasteiger partial charge in [-0.3, -0.25) is 10.0 Å². The van der Waals surface area contributed by atoms with Crippen molar-refractivity contribution < 1.29 is 10.0 Å². The van der Waals surface area contributed by atoms with Crippen LogP contribution in [-0.2, 0) is 4.79 Å². The predicted molar refractivity (Wildman–Crippen MR) is 67.9 cm³/mol. The second-order valence-electron chi connectivity index (χ2n) is 4.83. The van der Waals surface area contributed by atoms with E-state index in [2.05, 4.69) is 0 Å². The van der Waals surface area contributed by atoms with Gasteiger partial charge in [-0.25, -0.2) is 5.06 Å². The average Bonchev–Trinajstić information content (AvgIpc) is 2.99. The quantitative estimate of drug-likeness (QED) is 0.658. The smallest absolute Gasteiger partial charge is 0.246 e. The van der Waals surface area contributed by atoms with E-state index < -0.39 is 0 Å². The molecule has 1 amide bonds. The Balaban J connectivity index is 1.90. The molecule has 94 valence electrons. The predicted octanol–water partition coefficient (Wildman–Crippen LogP) is 3.61. The maximum atomic E-state index is 11.9. The summed E-state index contributed by atoms with van der Waals surface area (Å²) in [4.78, 5) is 11.9. The van der Waals surface area contributed by atoms with Crippen LogP contribution < -0.4 is 0 Å². The van der Waals surface area contributed by atoms with Gasteiger partial charge in [0, 0.05) is 6.42 Å². The highest BCUT2D eigenvalue weighted by molar-refractivity contribution is 7.07. The van der Waals surface area contributed by atoms with Gasteiger partial charge < -0.3 is 0 Å². The van der Waals surface area contributed by atoms with Gasteiger partial charge in [0.2, 0.25) is 5.91 Å². The van der Waals surface area contributed by atoms with Crippen molar-refractivity contribution >= 4 is 17.2 Å². The van der Waals surface area contributed by atoms with Gasteiger partial charge in [-0.1, -0.05) is 12.8 Å². The maximum Gasteiger partial charge on any atom is 0.246 e. The number of nitrogens with zero attached hydrogens (tertiary/aromatic N) is 1. The van der Waals surface area contributed by atoms with Crippen molar-refractivity contribution in [3.63, 3.8) is 0 Å². The molecule has 1 unspecified atom stereocenters. The summed E-state index contributed by atoms with van der Waals surface area (Å²) in [6.07, 6.45) is 5.21. The number of amides is 1. The van der Waals surface area contributed by atoms with Crippen LogP contribution >= 0.6 is 11.3 Å². The van der Waals surface area contributed by atoms with Crippen LogP contribution in [0.1, 0.15) is 50.6 Å². The SMILES string of the molecule is CC(c1ccsc1)N(O)C(=O)CC1CCCC1. The lowest BCUT2D eigenvalue weighted by Crippen LogP contribution is -2.31. The van der Waals surface area contributed by atoms with Gasteiger partial charge in [0.1, 0.15) is 0 Å². The van der Waals surface area contributed by atoms with Crippen LogP contribution in [0.3, 0.4) is 0 Å². The van der Waals surface area contributed by atoms with E-state index >= 15 is 0 Å². The third-order valence-electron chi connectivity index (χ3n) is 3.59. The van der Waals surface area contributed by atoms with Gasteiger partial charge in [-0.05, 0) is 48.1 Å². The summed E-state index contributed by atoms with van der Waals surface area (Å²) >= 11 is 1.58. The molecule has 1 aromatic rings. The molecule has 0 aromatic carbocycles. The number of thiophene rings is 1. The summed E-state index contributed by atoms with van der Waals surface area (Å²) in [5.41, 5.74) is 0.997. The van der Waals surface area contributed by atoms with Crippen molar-refractivity contribution in [2.24, 2.45) is 5.92 Å². The highest BCUT2D eigenvalue weighted by Gasteiger charge is 2.24. The maximum absolute atomic E-state index is 11.9. The average molecular weight is 253 g/mol. The summed E-state index contributed by atoms with van der Waals surface area (Å²) in [6.45, 7) is 1.86. The zero-order chi connectivity index (χ0) is 12.3. The van der Waals surface area contributed by atoms with E-state index in [-0.39, 0.29) is 11.9 Å². The van der Waals surface area contributed by atoms with Gasteiger partial charge in [-0.2, -0.15) is 11.3 Å². The fourth-order valence-electron chi connectivity index (χ4n) is 2.42. The molecule has 1 aliphatic rings. The Morgan fingerprint density at radius 1 is 1.59 bits per heavy atom. The van der Waals surface area contributed by atoms with Gasteiger partial charge in [0.15, 0.2) is 0 Å². The van der Waals surface area contributed by atoms with Crippen molar-refractivity contribution in [2.45, 2.75) is 45.1 Å². The van der Waals surface area contributed by atoms with E-state index in [0.29, 0.717) is 12.3 Å². The molecule has 1 aliphatic carbocycles. The second-order valence-corrected chi connectivity index (χ2v) is 5.61. The third-order valence-corrected chi connectivity index (χ3v) is 4.29. The van der Waals surface area contributed by atoms with Crippen molar-refractivity contribution in [3.05, 3.63) is 22.4 Å². The molecular formula is C13H19NO2S. The molecule has 0 saturated heterocycles. The van der Waals surface area contributed by atoms with Gasteiger partial charge in [-0.15, -0.1) is 0 Å². The first-order valence-corrected chi connectivity index (χ1v) is 7.16. The Labute approximate surface area is 106 Å². The highest BCUT2D eigenvalue weighted by atomic mass is 32.1. The van der Waals surface area contributed by atoms with Gasteiger partial charge in [0.25, 0.3) is 0 Å². The number of hydrogen-bond donors (Lipinski definition) is 1. The fourth-order valence-corrected chi connectivity index (χ4v) is 3.17. The number of carbonyl (C=O) groups excluding carboxylic acids is 1. The van der Waals surface area contributed by atoms with E-state index in [1.54, 1.807) is 11.3 Å². The summed E-state index contributed by atoms with van der Waals surface area (Å²) in [7, 11) is 0. The van der Waals surface area contributed by atoms with Crippen LogP contribution in [0.2, 0.25) is 0 Å². The Hall–Kier alpha value is -0.870. The molecule has 17 heavy (non-hydrogen) atoms. The van der Waals surface area contributed by atoms with Crippen LogP contribution in [0.15, 0.2) is 16.8 Å². The van der Waals surface area contributed by atoms with Crippen LogP contribution in [-0.4, -0.2) is 16.2 Å². The molecule has 0 aliphatic heterocycles. The minimum atomic E-state index is -0.241. The molecule has 4 heteroatoms. The highest BCUT2D eigenvalue weighted by Crippen LogP contribution is 2.29. The molecule has 0 spiro atoms. The van der Waals surface area contributed by atoms with Crippen molar-refractivity contribution in [1.82, 2.24) is 5.06 Å². The van der Waals surface area contributed by atoms with Gasteiger partial charge >= 0.3 is 0 Å². The molecule has 1 atom stereocenters. The molecule has 1 heterocycles. The number of rotatable bonds is 4. The second kappa shape index (κ2) is 5.65. The first kappa shape index (κ1) is 12.6. The molecule has 1 saturated carbocycles. The van der Waals surface area contributed by atoms with E-state index in [0.717, 1.165) is 23.5 Å². The van der Waals surface area contributed by atoms with Crippen molar-refractivity contribution in [3.8, 4) is 0 Å². The molecule has 3 nitrogen and oxygen atoms in total. The Morgan fingerprint density at radius 3 is 2.88 bits per heavy atom. The summed E-state index contributed by atoms with van der Waals surface area (Å²) in [5.74, 6) is 0.336. The number of hydroxylamine groups is 2. The Morgan fingerprint density at radius 2 is 2.29 bits per heavy atom. The number of carbonyl (C=O) groups is 1. The Bertz CT molecular complexity index is 358. The lowest BCUT2D eigenvalue weighted by molar-refractivity contribution is -0.176. The summed E-state index contributed by atoms with van der Waals surface area (Å²) in [6, 6.07) is 1.71. The molecule has 0 bridgehead atoms. The number of hydrogen-bond acceptors (Lipinski definition) is 3. The van der Waals surface area contributed by atoms with Crippen LogP contribution in [0.4, 0.5) is 0 Å². The normalized spacial score (nSPS) is 18.2.